The number of hydrogen-bond acceptors (Lipinski definition) is 4. The fourth-order valence-electron chi connectivity index (χ4n) is 1.91. The van der Waals surface area contributed by atoms with E-state index >= 15 is 0 Å². The number of aliphatic carboxylic acids is 1. The Morgan fingerprint density at radius 3 is 2.36 bits per heavy atom. The first kappa shape index (κ1) is 14.3. The van der Waals surface area contributed by atoms with Crippen LogP contribution in [0.25, 0.3) is 11.4 Å². The highest BCUT2D eigenvalue weighted by molar-refractivity contribution is 7.99. The quantitative estimate of drug-likeness (QED) is 0.573. The topological polar surface area (TPSA) is 71.9 Å². The zero-order chi connectivity index (χ0) is 15.4. The lowest BCUT2D eigenvalue weighted by molar-refractivity contribution is -0.736. The minimum absolute atomic E-state index is 0.0758. The summed E-state index contributed by atoms with van der Waals surface area (Å²) in [5, 5.41) is 18.0. The van der Waals surface area contributed by atoms with Gasteiger partial charge >= 0.3 is 11.1 Å². The summed E-state index contributed by atoms with van der Waals surface area (Å²) >= 11 is 1.09. The van der Waals surface area contributed by atoms with Gasteiger partial charge in [-0.1, -0.05) is 36.4 Å². The second-order valence-corrected chi connectivity index (χ2v) is 5.36. The number of nitrogens with zero attached hydrogens (tertiary/aromatic N) is 4. The normalized spacial score (nSPS) is 10.5. The molecule has 1 N–H and O–H groups in total. The van der Waals surface area contributed by atoms with E-state index in [0.29, 0.717) is 5.16 Å². The molecule has 0 spiro atoms. The highest BCUT2D eigenvalue weighted by Gasteiger charge is 2.22. The Bertz CT molecular complexity index is 718. The van der Waals surface area contributed by atoms with E-state index in [1.165, 1.54) is 0 Å². The summed E-state index contributed by atoms with van der Waals surface area (Å²) in [6.07, 6.45) is 0. The van der Waals surface area contributed by atoms with E-state index < -0.39 is 5.97 Å². The Morgan fingerprint density at radius 2 is 1.73 bits per heavy atom. The lowest BCUT2D eigenvalue weighted by Gasteiger charge is -1.98. The van der Waals surface area contributed by atoms with Gasteiger partial charge in [0.25, 0.3) is 0 Å². The third-order valence-electron chi connectivity index (χ3n) is 2.84. The molecule has 0 bridgehead atoms. The smallest absolute Gasteiger partial charge is 0.367 e. The third-order valence-corrected chi connectivity index (χ3v) is 3.65. The van der Waals surface area contributed by atoms with Crippen molar-refractivity contribution in [3.63, 3.8) is 0 Å². The number of tetrazole rings is 1. The average Bonchev–Trinajstić information content (AvgIpc) is 2.99. The Hall–Kier alpha value is -2.67. The van der Waals surface area contributed by atoms with E-state index in [-0.39, 0.29) is 5.75 Å². The average molecular weight is 313 g/mol. The molecule has 0 aliphatic rings. The number of carbonyl (C=O) groups is 1. The standard InChI is InChI=1S/C15H12N4O2S/c20-14(21)11-22-15-16-18(12-7-3-1-4-8-12)19(17-15)13-9-5-2-6-10-13/h1-10H,11H2/p+1. The second kappa shape index (κ2) is 6.40. The third kappa shape index (κ3) is 3.15. The summed E-state index contributed by atoms with van der Waals surface area (Å²) < 4.78 is 0. The number of benzene rings is 2. The van der Waals surface area contributed by atoms with Crippen LogP contribution in [-0.4, -0.2) is 31.8 Å². The van der Waals surface area contributed by atoms with Gasteiger partial charge in [-0.25, -0.2) is 0 Å². The molecule has 1 heterocycles. The molecule has 0 fully saturated rings. The molecule has 0 amide bonds. The molecular weight excluding hydrogens is 300 g/mol. The van der Waals surface area contributed by atoms with Crippen molar-refractivity contribution in [1.29, 1.82) is 0 Å². The highest BCUT2D eigenvalue weighted by Crippen LogP contribution is 2.13. The van der Waals surface area contributed by atoms with Crippen LogP contribution < -0.4 is 4.80 Å². The zero-order valence-electron chi connectivity index (χ0n) is 11.5. The largest absolute Gasteiger partial charge is 0.481 e. The zero-order valence-corrected chi connectivity index (χ0v) is 12.3. The van der Waals surface area contributed by atoms with Crippen LogP contribution in [0.4, 0.5) is 0 Å². The van der Waals surface area contributed by atoms with Crippen LogP contribution in [0.5, 0.6) is 0 Å². The fraction of sp³-hybridized carbons (Fsp3) is 0.0667. The van der Waals surface area contributed by atoms with Crippen LogP contribution in [0.15, 0.2) is 65.8 Å². The van der Waals surface area contributed by atoms with Gasteiger partial charge in [0.15, 0.2) is 5.69 Å². The van der Waals surface area contributed by atoms with Crippen LogP contribution in [0, 0.1) is 0 Å². The molecule has 0 aliphatic heterocycles. The first-order chi connectivity index (χ1) is 10.7. The fourth-order valence-corrected chi connectivity index (χ4v) is 2.43. The molecule has 22 heavy (non-hydrogen) atoms. The van der Waals surface area contributed by atoms with Crippen molar-refractivity contribution < 1.29 is 14.7 Å². The Balaban J connectivity index is 2.04. The monoisotopic (exact) mass is 313 g/mol. The molecule has 0 unspecified atom stereocenters. The van der Waals surface area contributed by atoms with Crippen molar-refractivity contribution in [2.24, 2.45) is 0 Å². The SMILES string of the molecule is O=C(O)CSc1nn(-c2ccccc2)[n+](-c2ccccc2)n1. The number of thioether (sulfide) groups is 1. The molecule has 1 aromatic heterocycles. The summed E-state index contributed by atoms with van der Waals surface area (Å²) in [4.78, 5) is 14.0. The second-order valence-electron chi connectivity index (χ2n) is 4.41. The van der Waals surface area contributed by atoms with Gasteiger partial charge in [0.05, 0.1) is 5.10 Å². The molecule has 3 aromatic rings. The maximum absolute atomic E-state index is 10.7. The van der Waals surface area contributed by atoms with E-state index in [9.17, 15) is 4.79 Å². The van der Waals surface area contributed by atoms with E-state index in [1.54, 1.807) is 9.59 Å². The lowest BCUT2D eigenvalue weighted by atomic mass is 10.3. The highest BCUT2D eigenvalue weighted by atomic mass is 32.2. The van der Waals surface area contributed by atoms with Gasteiger partial charge in [0.1, 0.15) is 11.4 Å². The molecule has 3 rings (SSSR count). The van der Waals surface area contributed by atoms with E-state index in [1.807, 2.05) is 60.7 Å². The number of carboxylic acids is 1. The summed E-state index contributed by atoms with van der Waals surface area (Å²) in [5.74, 6) is -0.972. The lowest BCUT2D eigenvalue weighted by Crippen LogP contribution is -2.43. The summed E-state index contributed by atoms with van der Waals surface area (Å²) in [6, 6.07) is 19.2. The summed E-state index contributed by atoms with van der Waals surface area (Å²) in [7, 11) is 0. The molecule has 0 atom stereocenters. The predicted octanol–water partition coefficient (Wildman–Crippen LogP) is 1.72. The van der Waals surface area contributed by atoms with Gasteiger partial charge in [-0.2, -0.15) is 0 Å². The molecular formula is C15H13N4O2S+. The van der Waals surface area contributed by atoms with Gasteiger partial charge < -0.3 is 5.11 Å². The maximum atomic E-state index is 10.7. The number of rotatable bonds is 5. The number of para-hydroxylation sites is 2. The molecule has 0 aliphatic carbocycles. The van der Waals surface area contributed by atoms with Gasteiger partial charge in [-0.15, -0.1) is 0 Å². The van der Waals surface area contributed by atoms with Gasteiger partial charge in [0.2, 0.25) is 0 Å². The Morgan fingerprint density at radius 1 is 1.09 bits per heavy atom. The minimum atomic E-state index is -0.896. The van der Waals surface area contributed by atoms with Crippen LogP contribution in [0.1, 0.15) is 0 Å². The summed E-state index contributed by atoms with van der Waals surface area (Å²) in [6.45, 7) is 0. The minimum Gasteiger partial charge on any atom is -0.481 e. The van der Waals surface area contributed by atoms with Gasteiger partial charge in [-0.05, 0) is 40.8 Å². The molecule has 6 nitrogen and oxygen atoms in total. The number of aromatic nitrogens is 4. The predicted molar refractivity (Wildman–Crippen MR) is 81.3 cm³/mol. The Kier molecular flexibility index (Phi) is 4.15. The van der Waals surface area contributed by atoms with Crippen LogP contribution in [-0.2, 0) is 4.79 Å². The summed E-state index contributed by atoms with van der Waals surface area (Å²) in [5.41, 5.74) is 1.70. The molecule has 7 heteroatoms. The van der Waals surface area contributed by atoms with Crippen LogP contribution >= 0.6 is 11.8 Å². The number of carboxylic acid groups (broad SMARTS) is 1. The van der Waals surface area contributed by atoms with E-state index in [0.717, 1.165) is 23.1 Å². The van der Waals surface area contributed by atoms with Crippen LogP contribution in [0.3, 0.4) is 0 Å². The maximum Gasteiger partial charge on any atom is 0.367 e. The molecule has 0 radical (unpaired) electrons. The van der Waals surface area contributed by atoms with Gasteiger partial charge in [0, 0.05) is 9.90 Å². The van der Waals surface area contributed by atoms with Crippen molar-refractivity contribution in [2.45, 2.75) is 5.16 Å². The van der Waals surface area contributed by atoms with Crippen molar-refractivity contribution >= 4 is 17.7 Å². The Labute approximate surface area is 131 Å². The van der Waals surface area contributed by atoms with E-state index in [4.69, 9.17) is 5.11 Å². The molecule has 0 saturated carbocycles. The molecule has 110 valence electrons. The van der Waals surface area contributed by atoms with Crippen molar-refractivity contribution in [3.05, 3.63) is 60.7 Å². The van der Waals surface area contributed by atoms with Crippen molar-refractivity contribution in [2.75, 3.05) is 5.75 Å². The molecule has 2 aromatic carbocycles. The first-order valence-electron chi connectivity index (χ1n) is 6.59. The van der Waals surface area contributed by atoms with Gasteiger partial charge in [-0.3, -0.25) is 4.79 Å². The number of hydrogen-bond donors (Lipinski definition) is 1. The van der Waals surface area contributed by atoms with E-state index in [2.05, 4.69) is 10.2 Å². The van der Waals surface area contributed by atoms with Crippen molar-refractivity contribution in [3.8, 4) is 11.4 Å². The van der Waals surface area contributed by atoms with Crippen LogP contribution in [0.2, 0.25) is 0 Å². The first-order valence-corrected chi connectivity index (χ1v) is 7.58. The van der Waals surface area contributed by atoms with Crippen molar-refractivity contribution in [1.82, 2.24) is 15.0 Å². The molecule has 0 saturated heterocycles.